The summed E-state index contributed by atoms with van der Waals surface area (Å²) in [4.78, 5) is 0. The molecule has 4 aromatic rings. The minimum absolute atomic E-state index is 0.0465. The van der Waals surface area contributed by atoms with Gasteiger partial charge in [0.15, 0.2) is 0 Å². The van der Waals surface area contributed by atoms with Gasteiger partial charge in [-0.15, -0.1) is 0 Å². The fourth-order valence-electron chi connectivity index (χ4n) is 9.30. The highest BCUT2D eigenvalue weighted by molar-refractivity contribution is 7.63. The van der Waals surface area contributed by atoms with Gasteiger partial charge in [0.1, 0.15) is 23.0 Å². The predicted molar refractivity (Wildman–Crippen MR) is 302 cm³/mol. The van der Waals surface area contributed by atoms with E-state index in [0.29, 0.717) is 67.5 Å². The van der Waals surface area contributed by atoms with E-state index in [9.17, 15) is 0 Å². The number of hydrogen-bond acceptors (Lipinski definition) is 16. The van der Waals surface area contributed by atoms with Gasteiger partial charge in [-0.3, -0.25) is 18.3 Å². The van der Waals surface area contributed by atoms with Crippen LogP contribution < -0.4 is 40.2 Å². The largest absolute Gasteiger partial charge is 0.496 e. The van der Waals surface area contributed by atoms with Gasteiger partial charge in [0, 0.05) is 25.7 Å². The third-order valence-electron chi connectivity index (χ3n) is 11.3. The number of fused-ring (bicyclic) bond motifs is 8. The molecule has 0 amide bonds. The van der Waals surface area contributed by atoms with E-state index in [1.54, 1.807) is 188 Å². The molecule has 0 heterocycles. The van der Waals surface area contributed by atoms with E-state index >= 15 is 18.3 Å². The van der Waals surface area contributed by atoms with Gasteiger partial charge in [0.25, 0.3) is 0 Å². The van der Waals surface area contributed by atoms with E-state index in [1.165, 1.54) is 0 Å². The highest BCUT2D eigenvalue weighted by atomic mass is 31.2. The lowest BCUT2D eigenvalue weighted by atomic mass is 9.91. The fraction of sp³-hybridized carbons (Fsp3) is 0.571. The first-order chi connectivity index (χ1) is 35.4. The van der Waals surface area contributed by atoms with E-state index in [0.717, 1.165) is 0 Å². The fourth-order valence-corrected chi connectivity index (χ4v) is 17.4. The van der Waals surface area contributed by atoms with Crippen LogP contribution in [0, 0.1) is 0 Å². The molecule has 0 atom stereocenters. The Bertz CT molecular complexity index is 2320. The molecule has 16 nitrogen and oxygen atoms in total. The van der Waals surface area contributed by atoms with Crippen LogP contribution >= 0.6 is 30.4 Å². The summed E-state index contributed by atoms with van der Waals surface area (Å²) in [6.45, 7) is 28.6. The van der Waals surface area contributed by atoms with E-state index in [4.69, 9.17) is 55.1 Å². The molecule has 8 bridgehead atoms. The lowest BCUT2D eigenvalue weighted by Crippen LogP contribution is -2.21. The SMILES string of the molecule is COc1c2cc(P(=O)(OC(C)C)OC(C)C)cc1Cc1cc(P(=O)(OC(C)C)OC(C)C)cc(c1OC)Cc1cc(P(=O)(OC(C)C)OC(C)C)cc(c1OC)Cc1cc(P(=O)(OC(C)C)OC(C)C)cc(c1OC)C2. The Morgan fingerprint density at radius 1 is 0.263 bits per heavy atom. The third kappa shape index (κ3) is 15.5. The van der Waals surface area contributed by atoms with Crippen molar-refractivity contribution in [3.63, 3.8) is 0 Å². The highest BCUT2D eigenvalue weighted by Gasteiger charge is 2.39. The lowest BCUT2D eigenvalue weighted by Gasteiger charge is -2.28. The molecule has 0 saturated heterocycles. The van der Waals surface area contributed by atoms with Crippen LogP contribution in [0.1, 0.15) is 155 Å². The molecule has 0 fully saturated rings. The Morgan fingerprint density at radius 2 is 0.382 bits per heavy atom. The van der Waals surface area contributed by atoms with Crippen molar-refractivity contribution in [2.24, 2.45) is 0 Å². The first-order valence-electron chi connectivity index (χ1n) is 26.1. The monoisotopic (exact) mass is 1140 g/mol. The Kier molecular flexibility index (Phi) is 22.0. The van der Waals surface area contributed by atoms with Crippen LogP contribution in [0.15, 0.2) is 48.5 Å². The van der Waals surface area contributed by atoms with Crippen molar-refractivity contribution in [1.29, 1.82) is 0 Å². The second kappa shape index (κ2) is 26.3. The van der Waals surface area contributed by atoms with E-state index in [-0.39, 0.29) is 46.9 Å². The highest BCUT2D eigenvalue weighted by Crippen LogP contribution is 2.55. The molecule has 4 aromatic carbocycles. The summed E-state index contributed by atoms with van der Waals surface area (Å²) >= 11 is 0. The standard InChI is InChI=1S/C56H84O16P4/c1-33(2)65-73(57,66-34(3)4)49-25-41-21-43-27-50(74(58,67-35(5)6)68-36(7)8)29-45(54(43)62-18)23-47-31-52(76(60,71-39(13)14)72-40(15)16)32-48(56(47)64-20)24-46-30-51(75(59,69-37(9)10)70-38(11)12)28-44(55(46)63-19)22-42(26-49)53(41)61-17/h25-40H,21-24H2,1-20H3. The van der Waals surface area contributed by atoms with Crippen molar-refractivity contribution in [1.82, 2.24) is 0 Å². The molecule has 76 heavy (non-hydrogen) atoms. The Hall–Kier alpha value is -3.32. The molecule has 20 heteroatoms. The van der Waals surface area contributed by atoms with Crippen LogP contribution in [0.3, 0.4) is 0 Å². The normalized spacial score (nSPS) is 13.8. The molecular formula is C56H84O16P4. The topological polar surface area (TPSA) is 179 Å². The van der Waals surface area contributed by atoms with E-state index < -0.39 is 79.2 Å². The van der Waals surface area contributed by atoms with Gasteiger partial charge in [-0.05, 0) is 204 Å². The smallest absolute Gasteiger partial charge is 0.361 e. The molecule has 5 rings (SSSR count). The second-order valence-corrected chi connectivity index (χ2v) is 28.9. The molecule has 1 aliphatic carbocycles. The molecule has 424 valence electrons. The van der Waals surface area contributed by atoms with Crippen molar-refractivity contribution >= 4 is 51.6 Å². The van der Waals surface area contributed by atoms with Gasteiger partial charge in [-0.25, -0.2) is 0 Å². The summed E-state index contributed by atoms with van der Waals surface area (Å²) in [5.74, 6) is 1.67. The van der Waals surface area contributed by atoms with Crippen molar-refractivity contribution in [3.05, 3.63) is 93.0 Å². The molecule has 0 unspecified atom stereocenters. The minimum atomic E-state index is -4.10. The number of rotatable bonds is 24. The van der Waals surface area contributed by atoms with Gasteiger partial charge in [-0.1, -0.05) is 0 Å². The zero-order valence-corrected chi connectivity index (χ0v) is 52.0. The van der Waals surface area contributed by atoms with Crippen LogP contribution in [0.2, 0.25) is 0 Å². The summed E-state index contributed by atoms with van der Waals surface area (Å²) in [6.07, 6.45) is -3.87. The number of methoxy groups -OCH3 is 4. The van der Waals surface area contributed by atoms with Crippen LogP contribution in [0.5, 0.6) is 23.0 Å². The van der Waals surface area contributed by atoms with Gasteiger partial charge in [-0.2, -0.15) is 0 Å². The average Bonchev–Trinajstić information content (AvgIpc) is 3.26. The van der Waals surface area contributed by atoms with Crippen LogP contribution in [-0.4, -0.2) is 77.3 Å². The summed E-state index contributed by atoms with van der Waals surface area (Å²) in [7, 11) is -10.2. The van der Waals surface area contributed by atoms with Crippen molar-refractivity contribution in [2.75, 3.05) is 28.4 Å². The minimum Gasteiger partial charge on any atom is -0.496 e. The van der Waals surface area contributed by atoms with Gasteiger partial charge < -0.3 is 55.1 Å². The van der Waals surface area contributed by atoms with E-state index in [1.807, 2.05) is 0 Å². The van der Waals surface area contributed by atoms with Crippen LogP contribution in [0.4, 0.5) is 0 Å². The quantitative estimate of drug-likeness (QED) is 0.0532. The maximum absolute atomic E-state index is 15.4. The first-order valence-corrected chi connectivity index (χ1v) is 32.3. The van der Waals surface area contributed by atoms with E-state index in [2.05, 4.69) is 0 Å². The molecule has 0 saturated carbocycles. The second-order valence-electron chi connectivity index (χ2n) is 21.1. The Labute approximate surface area is 452 Å². The van der Waals surface area contributed by atoms with Crippen LogP contribution in [-0.2, 0) is 80.1 Å². The molecule has 0 aromatic heterocycles. The number of benzene rings is 4. The summed E-state index contributed by atoms with van der Waals surface area (Å²) < 4.78 is 137. The van der Waals surface area contributed by atoms with Gasteiger partial charge in [0.2, 0.25) is 0 Å². The van der Waals surface area contributed by atoms with Gasteiger partial charge >= 0.3 is 30.4 Å². The van der Waals surface area contributed by atoms with Crippen molar-refractivity contribution in [2.45, 2.75) is 185 Å². The summed E-state index contributed by atoms with van der Waals surface area (Å²) in [5.41, 5.74) is 4.33. The zero-order chi connectivity index (χ0) is 56.8. The summed E-state index contributed by atoms with van der Waals surface area (Å²) in [5, 5.41) is 1.02. The molecule has 0 spiro atoms. The molecule has 0 aliphatic heterocycles. The van der Waals surface area contributed by atoms with Crippen molar-refractivity contribution in [3.8, 4) is 23.0 Å². The maximum atomic E-state index is 15.4. The first kappa shape index (κ1) is 63.5. The predicted octanol–water partition coefficient (Wildman–Crippen LogP) is 13.1. The molecular weight excluding hydrogens is 1050 g/mol. The molecule has 0 radical (unpaired) electrons. The zero-order valence-electron chi connectivity index (χ0n) is 48.4. The van der Waals surface area contributed by atoms with Crippen LogP contribution in [0.25, 0.3) is 0 Å². The average molecular weight is 1140 g/mol. The third-order valence-corrected chi connectivity index (χ3v) is 20.5. The number of ether oxygens (including phenoxy) is 4. The van der Waals surface area contributed by atoms with Crippen molar-refractivity contribution < 1.29 is 73.4 Å². The molecule has 0 N–H and O–H groups in total. The molecule has 1 aliphatic rings. The van der Waals surface area contributed by atoms with Gasteiger partial charge in [0.05, 0.1) is 98.5 Å². The Balaban J connectivity index is 2.11. The maximum Gasteiger partial charge on any atom is 0.361 e. The Morgan fingerprint density at radius 3 is 0.474 bits per heavy atom. The number of hydrogen-bond donors (Lipinski definition) is 0. The lowest BCUT2D eigenvalue weighted by molar-refractivity contribution is 0.149. The summed E-state index contributed by atoms with van der Waals surface area (Å²) in [6, 6.07) is 14.0.